The van der Waals surface area contributed by atoms with Gasteiger partial charge in [0.15, 0.2) is 0 Å². The Hall–Kier alpha value is -1.13. The Balaban J connectivity index is 1.49. The van der Waals surface area contributed by atoms with Crippen LogP contribution < -0.4 is 0 Å². The van der Waals surface area contributed by atoms with Gasteiger partial charge in [-0.25, -0.2) is 0 Å². The molecule has 0 radical (unpaired) electrons. The zero-order valence-electron chi connectivity index (χ0n) is 15.0. The molecule has 0 aliphatic heterocycles. The summed E-state index contributed by atoms with van der Waals surface area (Å²) in [4.78, 5) is 10.6. The highest BCUT2D eigenvalue weighted by atomic mass is 16.4. The number of fused-ring (bicyclic) bond motifs is 1. The van der Waals surface area contributed by atoms with Crippen molar-refractivity contribution in [1.82, 2.24) is 0 Å². The Morgan fingerprint density at radius 3 is 2.76 bits per heavy atom. The van der Waals surface area contributed by atoms with E-state index in [4.69, 9.17) is 5.11 Å². The van der Waals surface area contributed by atoms with E-state index in [2.05, 4.69) is 12.2 Å². The van der Waals surface area contributed by atoms with Gasteiger partial charge in [-0.2, -0.15) is 0 Å². The fourth-order valence-corrected chi connectivity index (χ4v) is 5.12. The number of carbonyl (C=O) groups is 1. The van der Waals surface area contributed by atoms with Gasteiger partial charge in [0.2, 0.25) is 0 Å². The Bertz CT molecular complexity index is 518. The van der Waals surface area contributed by atoms with E-state index in [-0.39, 0.29) is 24.5 Å². The monoisotopic (exact) mass is 348 g/mol. The van der Waals surface area contributed by atoms with Crippen LogP contribution in [0.3, 0.4) is 0 Å². The van der Waals surface area contributed by atoms with Crippen molar-refractivity contribution >= 4 is 5.97 Å². The first-order valence-corrected chi connectivity index (χ1v) is 10.0. The molecule has 2 saturated carbocycles. The van der Waals surface area contributed by atoms with E-state index in [9.17, 15) is 15.0 Å². The summed E-state index contributed by atoms with van der Waals surface area (Å²) in [5.41, 5.74) is 1.43. The number of aliphatic hydroxyl groups is 2. The van der Waals surface area contributed by atoms with Crippen molar-refractivity contribution in [2.45, 2.75) is 76.4 Å². The Kier molecular flexibility index (Phi) is 6.34. The second kappa shape index (κ2) is 8.50. The number of carboxylic acid groups (broad SMARTS) is 1. The number of allylic oxidation sites excluding steroid dienone is 2. The number of aliphatic hydroxyl groups excluding tert-OH is 2. The summed E-state index contributed by atoms with van der Waals surface area (Å²) in [6.07, 6.45) is 15.1. The van der Waals surface area contributed by atoms with E-state index in [0.29, 0.717) is 17.8 Å². The normalized spacial score (nSPS) is 33.8. The Morgan fingerprint density at radius 1 is 1.28 bits per heavy atom. The predicted octanol–water partition coefficient (Wildman–Crippen LogP) is 3.68. The van der Waals surface area contributed by atoms with Crippen molar-refractivity contribution in [2.75, 3.05) is 0 Å². The minimum atomic E-state index is -0.716. The first-order chi connectivity index (χ1) is 12.0. The van der Waals surface area contributed by atoms with Gasteiger partial charge >= 0.3 is 5.97 Å². The molecule has 0 bridgehead atoms. The predicted molar refractivity (Wildman–Crippen MR) is 97.0 cm³/mol. The fourth-order valence-electron chi connectivity index (χ4n) is 5.12. The van der Waals surface area contributed by atoms with Crippen molar-refractivity contribution in [3.05, 3.63) is 23.8 Å². The number of hydrogen-bond donors (Lipinski definition) is 3. The van der Waals surface area contributed by atoms with Crippen LogP contribution >= 0.6 is 0 Å². The SMILES string of the molecule is O=C(O)CCCCC1=C[C@H]2C[C@@H](O)[C@H](/C=C/[C@@H](O)C3CCCC3)[C@H]2C1. The van der Waals surface area contributed by atoms with Crippen LogP contribution in [0.25, 0.3) is 0 Å². The Morgan fingerprint density at radius 2 is 2.04 bits per heavy atom. The van der Waals surface area contributed by atoms with Crippen molar-refractivity contribution in [3.8, 4) is 0 Å². The quantitative estimate of drug-likeness (QED) is 0.462. The molecule has 3 rings (SSSR count). The average Bonchev–Trinajstić information content (AvgIpc) is 3.26. The summed E-state index contributed by atoms with van der Waals surface area (Å²) in [5, 5.41) is 29.5. The highest BCUT2D eigenvalue weighted by Crippen LogP contribution is 2.48. The van der Waals surface area contributed by atoms with Crippen LogP contribution in [-0.2, 0) is 4.79 Å². The van der Waals surface area contributed by atoms with Crippen molar-refractivity contribution < 1.29 is 20.1 Å². The van der Waals surface area contributed by atoms with Gasteiger partial charge in [-0.1, -0.05) is 36.6 Å². The molecule has 5 atom stereocenters. The molecule has 0 unspecified atom stereocenters. The molecule has 25 heavy (non-hydrogen) atoms. The van der Waals surface area contributed by atoms with Crippen LogP contribution in [0.2, 0.25) is 0 Å². The van der Waals surface area contributed by atoms with Crippen molar-refractivity contribution in [2.24, 2.45) is 23.7 Å². The maximum atomic E-state index is 10.6. The third-order valence-corrected chi connectivity index (χ3v) is 6.50. The largest absolute Gasteiger partial charge is 0.481 e. The van der Waals surface area contributed by atoms with Gasteiger partial charge in [0.1, 0.15) is 0 Å². The van der Waals surface area contributed by atoms with E-state index in [1.54, 1.807) is 0 Å². The lowest BCUT2D eigenvalue weighted by molar-refractivity contribution is -0.137. The second-order valence-corrected chi connectivity index (χ2v) is 8.26. The lowest BCUT2D eigenvalue weighted by atomic mass is 9.88. The maximum absolute atomic E-state index is 10.6. The summed E-state index contributed by atoms with van der Waals surface area (Å²) in [5.74, 6) is 0.733. The minimum absolute atomic E-state index is 0.147. The summed E-state index contributed by atoms with van der Waals surface area (Å²) in [6.45, 7) is 0. The molecular weight excluding hydrogens is 316 g/mol. The Labute approximate surface area is 150 Å². The third-order valence-electron chi connectivity index (χ3n) is 6.50. The van der Waals surface area contributed by atoms with E-state index in [1.165, 1.54) is 18.4 Å². The van der Waals surface area contributed by atoms with Crippen molar-refractivity contribution in [1.29, 1.82) is 0 Å². The van der Waals surface area contributed by atoms with E-state index >= 15 is 0 Å². The zero-order valence-corrected chi connectivity index (χ0v) is 15.0. The number of rotatable bonds is 8. The molecule has 2 fully saturated rings. The molecule has 4 nitrogen and oxygen atoms in total. The topological polar surface area (TPSA) is 77.8 Å². The van der Waals surface area contributed by atoms with E-state index in [0.717, 1.165) is 44.9 Å². The molecule has 0 aromatic carbocycles. The highest BCUT2D eigenvalue weighted by Gasteiger charge is 2.43. The molecule has 3 aliphatic rings. The molecule has 4 heteroatoms. The number of carboxylic acids is 1. The van der Waals surface area contributed by atoms with Crippen LogP contribution in [0.15, 0.2) is 23.8 Å². The van der Waals surface area contributed by atoms with Gasteiger partial charge in [0.25, 0.3) is 0 Å². The number of unbranched alkanes of at least 4 members (excludes halogenated alkanes) is 1. The summed E-state index contributed by atoms with van der Waals surface area (Å²) >= 11 is 0. The number of aliphatic carboxylic acids is 1. The third kappa shape index (κ3) is 4.73. The minimum Gasteiger partial charge on any atom is -0.481 e. The molecule has 3 N–H and O–H groups in total. The van der Waals surface area contributed by atoms with Crippen LogP contribution in [-0.4, -0.2) is 33.5 Å². The first kappa shape index (κ1) is 18.7. The lowest BCUT2D eigenvalue weighted by Gasteiger charge is -2.20. The van der Waals surface area contributed by atoms with Gasteiger partial charge in [0.05, 0.1) is 12.2 Å². The van der Waals surface area contributed by atoms with E-state index < -0.39 is 5.97 Å². The van der Waals surface area contributed by atoms with Gasteiger partial charge < -0.3 is 15.3 Å². The first-order valence-electron chi connectivity index (χ1n) is 10.0. The molecule has 3 aliphatic carbocycles. The van der Waals surface area contributed by atoms with Crippen LogP contribution in [0.5, 0.6) is 0 Å². The van der Waals surface area contributed by atoms with Gasteiger partial charge in [-0.3, -0.25) is 4.79 Å². The van der Waals surface area contributed by atoms with Crippen LogP contribution in [0.4, 0.5) is 0 Å². The van der Waals surface area contributed by atoms with Gasteiger partial charge in [-0.05, 0) is 62.7 Å². The van der Waals surface area contributed by atoms with Crippen molar-refractivity contribution in [3.63, 3.8) is 0 Å². The van der Waals surface area contributed by atoms with Crippen LogP contribution in [0.1, 0.15) is 64.2 Å². The molecule has 0 aromatic rings. The molecule has 0 spiro atoms. The van der Waals surface area contributed by atoms with Gasteiger partial charge in [-0.15, -0.1) is 0 Å². The highest BCUT2D eigenvalue weighted by molar-refractivity contribution is 5.66. The second-order valence-electron chi connectivity index (χ2n) is 8.26. The average molecular weight is 348 g/mol. The lowest BCUT2D eigenvalue weighted by Crippen LogP contribution is -2.19. The number of hydrogen-bond acceptors (Lipinski definition) is 3. The molecule has 140 valence electrons. The van der Waals surface area contributed by atoms with Gasteiger partial charge in [0, 0.05) is 12.3 Å². The smallest absolute Gasteiger partial charge is 0.303 e. The van der Waals surface area contributed by atoms with Crippen LogP contribution in [0, 0.1) is 23.7 Å². The molecule has 0 saturated heterocycles. The zero-order chi connectivity index (χ0) is 17.8. The molecule has 0 aromatic heterocycles. The molecule has 0 amide bonds. The standard InChI is InChI=1S/C21H32O4/c22-19(15-6-2-3-7-15)10-9-17-18-12-14(5-1-4-8-21(24)25)11-16(18)13-20(17)23/h9-11,15-20,22-23H,1-8,12-13H2,(H,24,25)/b10-9+/t16-,17+,18-,19+,20+/m0/s1. The molecular formula is C21H32O4. The summed E-state index contributed by atoms with van der Waals surface area (Å²) < 4.78 is 0. The summed E-state index contributed by atoms with van der Waals surface area (Å²) in [6, 6.07) is 0. The summed E-state index contributed by atoms with van der Waals surface area (Å²) in [7, 11) is 0. The van der Waals surface area contributed by atoms with E-state index in [1.807, 2.05) is 6.08 Å². The fraction of sp³-hybridized carbons (Fsp3) is 0.762. The molecule has 0 heterocycles. The maximum Gasteiger partial charge on any atom is 0.303 e.